The van der Waals surface area contributed by atoms with Crippen LogP contribution in [0.25, 0.3) is 0 Å². The van der Waals surface area contributed by atoms with Crippen molar-refractivity contribution >= 4 is 21.8 Å². The van der Waals surface area contributed by atoms with Crippen LogP contribution >= 0.6 is 15.9 Å². The van der Waals surface area contributed by atoms with Gasteiger partial charge in [0.25, 0.3) is 5.91 Å². The maximum Gasteiger partial charge on any atom is 0.257 e. The maximum absolute atomic E-state index is 13.5. The van der Waals surface area contributed by atoms with E-state index in [4.69, 9.17) is 0 Å². The van der Waals surface area contributed by atoms with E-state index in [1.54, 1.807) is 0 Å². The quantitative estimate of drug-likeness (QED) is 0.731. The Hall–Kier alpha value is -1.04. The number of alkyl halides is 1. The van der Waals surface area contributed by atoms with Gasteiger partial charge in [0.1, 0.15) is 6.17 Å². The van der Waals surface area contributed by atoms with Gasteiger partial charge in [-0.1, -0.05) is 0 Å². The Balaban J connectivity index is 2.29. The molecule has 1 aromatic rings. The molecule has 2 nitrogen and oxygen atoms in total. The van der Waals surface area contributed by atoms with Gasteiger partial charge in [-0.05, 0) is 34.5 Å². The lowest BCUT2D eigenvalue weighted by atomic mass is 10.2. The van der Waals surface area contributed by atoms with Gasteiger partial charge < -0.3 is 4.90 Å². The van der Waals surface area contributed by atoms with Gasteiger partial charge in [-0.2, -0.15) is 0 Å². The Kier molecular flexibility index (Phi) is 3.42. The first-order chi connectivity index (χ1) is 8.00. The van der Waals surface area contributed by atoms with Crippen molar-refractivity contribution in [2.75, 3.05) is 13.1 Å². The molecule has 1 saturated heterocycles. The highest BCUT2D eigenvalue weighted by atomic mass is 79.9. The molecular weight excluding hydrogens is 299 g/mol. The molecule has 92 valence electrons. The molecule has 0 N–H and O–H groups in total. The second-order valence-corrected chi connectivity index (χ2v) is 4.71. The summed E-state index contributed by atoms with van der Waals surface area (Å²) in [5.74, 6) is -2.98. The van der Waals surface area contributed by atoms with E-state index in [0.717, 1.165) is 0 Å². The molecule has 1 aromatic carbocycles. The summed E-state index contributed by atoms with van der Waals surface area (Å²) in [5, 5.41) is 0. The molecule has 0 spiro atoms. The third kappa shape index (κ3) is 2.31. The zero-order valence-corrected chi connectivity index (χ0v) is 10.3. The van der Waals surface area contributed by atoms with Crippen molar-refractivity contribution in [1.82, 2.24) is 4.90 Å². The normalized spacial score (nSPS) is 19.8. The van der Waals surface area contributed by atoms with Gasteiger partial charge in [0.05, 0.1) is 16.6 Å². The zero-order valence-electron chi connectivity index (χ0n) is 8.72. The Bertz CT molecular complexity index is 466. The minimum absolute atomic E-state index is 0.0451. The zero-order chi connectivity index (χ0) is 12.6. The van der Waals surface area contributed by atoms with Crippen molar-refractivity contribution in [1.29, 1.82) is 0 Å². The highest BCUT2D eigenvalue weighted by Gasteiger charge is 2.29. The van der Waals surface area contributed by atoms with Gasteiger partial charge in [0.15, 0.2) is 11.6 Å². The largest absolute Gasteiger partial charge is 0.336 e. The lowest BCUT2D eigenvalue weighted by molar-refractivity contribution is 0.0777. The van der Waals surface area contributed by atoms with Crippen molar-refractivity contribution in [3.8, 4) is 0 Å². The van der Waals surface area contributed by atoms with E-state index in [2.05, 4.69) is 15.9 Å². The van der Waals surface area contributed by atoms with Gasteiger partial charge in [-0.25, -0.2) is 13.2 Å². The smallest absolute Gasteiger partial charge is 0.257 e. The SMILES string of the molecule is O=C(c1ccc(Br)c(F)c1F)N1CC[C@H](F)C1. The predicted molar refractivity (Wildman–Crippen MR) is 59.5 cm³/mol. The molecule has 0 radical (unpaired) electrons. The van der Waals surface area contributed by atoms with E-state index < -0.39 is 23.7 Å². The molecule has 17 heavy (non-hydrogen) atoms. The van der Waals surface area contributed by atoms with Crippen molar-refractivity contribution in [3.63, 3.8) is 0 Å². The summed E-state index contributed by atoms with van der Waals surface area (Å²) in [7, 11) is 0. The number of amides is 1. The number of likely N-dealkylation sites (tertiary alicyclic amines) is 1. The van der Waals surface area contributed by atoms with Crippen LogP contribution in [-0.4, -0.2) is 30.1 Å². The van der Waals surface area contributed by atoms with Gasteiger partial charge in [-0.3, -0.25) is 4.79 Å². The van der Waals surface area contributed by atoms with Crippen molar-refractivity contribution in [2.45, 2.75) is 12.6 Å². The van der Waals surface area contributed by atoms with Crippen LogP contribution in [0.15, 0.2) is 16.6 Å². The standard InChI is InChI=1S/C11H9BrF3NO/c12-8-2-1-7(9(14)10(8)15)11(17)16-4-3-6(13)5-16/h1-2,6H,3-5H2/t6-/m0/s1. The molecule has 0 aliphatic carbocycles. The van der Waals surface area contributed by atoms with Crippen LogP contribution in [-0.2, 0) is 0 Å². The summed E-state index contributed by atoms with van der Waals surface area (Å²) >= 11 is 2.82. The lowest BCUT2D eigenvalue weighted by Crippen LogP contribution is -2.29. The molecule has 1 amide bonds. The lowest BCUT2D eigenvalue weighted by Gasteiger charge is -2.15. The first-order valence-electron chi connectivity index (χ1n) is 5.07. The number of benzene rings is 1. The van der Waals surface area contributed by atoms with Crippen LogP contribution in [0.3, 0.4) is 0 Å². The second-order valence-electron chi connectivity index (χ2n) is 3.86. The van der Waals surface area contributed by atoms with E-state index in [1.165, 1.54) is 17.0 Å². The summed E-state index contributed by atoms with van der Waals surface area (Å²) in [6.07, 6.45) is -0.839. The van der Waals surface area contributed by atoms with Crippen LogP contribution in [0.1, 0.15) is 16.8 Å². The minimum Gasteiger partial charge on any atom is -0.336 e. The molecular formula is C11H9BrF3NO. The molecule has 1 aliphatic rings. The van der Waals surface area contributed by atoms with Crippen molar-refractivity contribution in [2.24, 2.45) is 0 Å². The number of carbonyl (C=O) groups excluding carboxylic acids is 1. The summed E-state index contributed by atoms with van der Waals surface area (Å²) < 4.78 is 39.6. The van der Waals surface area contributed by atoms with Gasteiger partial charge >= 0.3 is 0 Å². The van der Waals surface area contributed by atoms with Crippen LogP contribution in [0.4, 0.5) is 13.2 Å². The number of hydrogen-bond donors (Lipinski definition) is 0. The number of carbonyl (C=O) groups is 1. The first-order valence-corrected chi connectivity index (χ1v) is 5.87. The Morgan fingerprint density at radius 3 is 2.65 bits per heavy atom. The van der Waals surface area contributed by atoms with Crippen molar-refractivity contribution < 1.29 is 18.0 Å². The molecule has 6 heteroatoms. The summed E-state index contributed by atoms with van der Waals surface area (Å²) in [6.45, 7) is 0.174. The van der Waals surface area contributed by atoms with Gasteiger partial charge in [0.2, 0.25) is 0 Å². The predicted octanol–water partition coefficient (Wildman–Crippen LogP) is 2.91. The molecule has 0 aromatic heterocycles. The molecule has 1 fully saturated rings. The highest BCUT2D eigenvalue weighted by molar-refractivity contribution is 9.10. The number of halogens is 4. The van der Waals surface area contributed by atoms with Gasteiger partial charge in [0, 0.05) is 6.54 Å². The van der Waals surface area contributed by atoms with Crippen LogP contribution in [0.2, 0.25) is 0 Å². The minimum atomic E-state index is -1.20. The van der Waals surface area contributed by atoms with E-state index in [0.29, 0.717) is 0 Å². The van der Waals surface area contributed by atoms with Gasteiger partial charge in [-0.15, -0.1) is 0 Å². The fourth-order valence-corrected chi connectivity index (χ4v) is 2.07. The highest BCUT2D eigenvalue weighted by Crippen LogP contribution is 2.23. The van der Waals surface area contributed by atoms with Crippen molar-refractivity contribution in [3.05, 3.63) is 33.8 Å². The molecule has 0 bridgehead atoms. The number of hydrogen-bond acceptors (Lipinski definition) is 1. The molecule has 0 unspecified atom stereocenters. The van der Waals surface area contributed by atoms with E-state index in [-0.39, 0.29) is 29.5 Å². The Morgan fingerprint density at radius 2 is 2.06 bits per heavy atom. The summed E-state index contributed by atoms with van der Waals surface area (Å²) in [4.78, 5) is 13.0. The number of rotatable bonds is 1. The van der Waals surface area contributed by atoms with E-state index in [9.17, 15) is 18.0 Å². The third-order valence-electron chi connectivity index (χ3n) is 2.68. The Labute approximate surface area is 105 Å². The summed E-state index contributed by atoms with van der Waals surface area (Å²) in [5.41, 5.74) is -0.361. The topological polar surface area (TPSA) is 20.3 Å². The van der Waals surface area contributed by atoms with E-state index >= 15 is 0 Å². The summed E-state index contributed by atoms with van der Waals surface area (Å²) in [6, 6.07) is 2.45. The van der Waals surface area contributed by atoms with Crippen LogP contribution < -0.4 is 0 Å². The molecule has 2 rings (SSSR count). The fraction of sp³-hybridized carbons (Fsp3) is 0.364. The molecule has 1 heterocycles. The van der Waals surface area contributed by atoms with Crippen LogP contribution in [0, 0.1) is 11.6 Å². The maximum atomic E-state index is 13.5. The monoisotopic (exact) mass is 307 g/mol. The first kappa shape index (κ1) is 12.4. The second kappa shape index (κ2) is 4.68. The number of nitrogens with zero attached hydrogens (tertiary/aromatic N) is 1. The van der Waals surface area contributed by atoms with Crippen LogP contribution in [0.5, 0.6) is 0 Å². The molecule has 1 aliphatic heterocycles. The van der Waals surface area contributed by atoms with E-state index in [1.807, 2.05) is 0 Å². The molecule has 0 saturated carbocycles. The average molecular weight is 308 g/mol. The Morgan fingerprint density at radius 1 is 1.35 bits per heavy atom. The molecule has 1 atom stereocenters. The average Bonchev–Trinajstić information content (AvgIpc) is 2.72. The third-order valence-corrected chi connectivity index (χ3v) is 3.30. The fourth-order valence-electron chi connectivity index (χ4n) is 1.76.